The summed E-state index contributed by atoms with van der Waals surface area (Å²) in [5, 5.41) is 14.5. The molecule has 0 saturated carbocycles. The van der Waals surface area contributed by atoms with Crippen molar-refractivity contribution in [1.82, 2.24) is 19.1 Å². The maximum Gasteiger partial charge on any atom is 0.148 e. The fourth-order valence-corrected chi connectivity index (χ4v) is 9.34. The molecule has 6 heteroatoms. The van der Waals surface area contributed by atoms with Crippen LogP contribution in [0.3, 0.4) is 0 Å². The minimum atomic E-state index is -0.378. The van der Waals surface area contributed by atoms with Crippen LogP contribution in [0.1, 0.15) is 77.6 Å². The van der Waals surface area contributed by atoms with Gasteiger partial charge in [0.05, 0.1) is 27.6 Å². The van der Waals surface area contributed by atoms with Gasteiger partial charge < -0.3 is 9.67 Å². The molecule has 0 spiro atoms. The fraction of sp³-hybridized carbons (Fsp3) is 0.186. The van der Waals surface area contributed by atoms with Gasteiger partial charge in [0.1, 0.15) is 11.6 Å². The molecule has 0 aliphatic carbocycles. The SMILES string of the molecule is CC(C)(C)c1cc(-c2nc3c(-c4[c-]c(-c5nccc6c5c5ccccc5n6-c5ccccc5)cc(C(C)(C)c5ccccc5)c4)cccc3n2-c2ccccc2)c(O)c(C(C)(C)C)c1.[Pt]. The van der Waals surface area contributed by atoms with Gasteiger partial charge in [0.15, 0.2) is 0 Å². The molecule has 0 aliphatic rings. The van der Waals surface area contributed by atoms with Crippen LogP contribution >= 0.6 is 0 Å². The number of pyridine rings is 1. The van der Waals surface area contributed by atoms with Crippen LogP contribution in [0.2, 0.25) is 0 Å². The van der Waals surface area contributed by atoms with Crippen LogP contribution in [0.5, 0.6) is 5.75 Å². The monoisotopic (exact) mass is 1030 g/mol. The molecule has 10 rings (SSSR count). The first-order chi connectivity index (χ1) is 30.7. The summed E-state index contributed by atoms with van der Waals surface area (Å²) in [6.07, 6.45) is 1.93. The largest absolute Gasteiger partial charge is 0.507 e. The van der Waals surface area contributed by atoms with E-state index in [1.165, 1.54) is 5.56 Å². The number of aromatic nitrogens is 4. The number of hydrogen-bond donors (Lipinski definition) is 1. The Morgan fingerprint density at radius 1 is 0.508 bits per heavy atom. The summed E-state index contributed by atoms with van der Waals surface area (Å²) >= 11 is 0. The van der Waals surface area contributed by atoms with Crippen molar-refractivity contribution >= 4 is 32.8 Å². The molecule has 326 valence electrons. The van der Waals surface area contributed by atoms with E-state index in [0.717, 1.165) is 83.3 Å². The Hall–Kier alpha value is -6.55. The quantitative estimate of drug-likeness (QED) is 0.162. The second-order valence-electron chi connectivity index (χ2n) is 19.6. The molecule has 10 aromatic rings. The molecule has 0 amide bonds. The van der Waals surface area contributed by atoms with E-state index in [-0.39, 0.29) is 43.1 Å². The van der Waals surface area contributed by atoms with Crippen molar-refractivity contribution in [2.45, 2.75) is 71.6 Å². The molecule has 3 aromatic heterocycles. The first-order valence-corrected chi connectivity index (χ1v) is 22.2. The maximum atomic E-state index is 12.3. The molecule has 65 heavy (non-hydrogen) atoms. The fourth-order valence-electron chi connectivity index (χ4n) is 9.34. The third-order valence-electron chi connectivity index (χ3n) is 13.0. The first-order valence-electron chi connectivity index (χ1n) is 22.2. The van der Waals surface area contributed by atoms with Gasteiger partial charge in [-0.15, -0.1) is 29.3 Å². The van der Waals surface area contributed by atoms with Gasteiger partial charge in [0, 0.05) is 66.1 Å². The van der Waals surface area contributed by atoms with Gasteiger partial charge in [-0.1, -0.05) is 170 Å². The van der Waals surface area contributed by atoms with Crippen molar-refractivity contribution in [3.63, 3.8) is 0 Å². The van der Waals surface area contributed by atoms with Crippen LogP contribution in [0.25, 0.3) is 78.0 Å². The van der Waals surface area contributed by atoms with Gasteiger partial charge in [-0.05, 0) is 70.5 Å². The van der Waals surface area contributed by atoms with Crippen molar-refractivity contribution in [2.75, 3.05) is 0 Å². The topological polar surface area (TPSA) is 55.9 Å². The Bertz CT molecular complexity index is 3370. The average Bonchev–Trinajstić information content (AvgIpc) is 3.85. The van der Waals surface area contributed by atoms with Gasteiger partial charge in [-0.2, -0.15) is 0 Å². The Morgan fingerprint density at radius 2 is 1.11 bits per heavy atom. The van der Waals surface area contributed by atoms with Crippen LogP contribution < -0.4 is 0 Å². The summed E-state index contributed by atoms with van der Waals surface area (Å²) in [4.78, 5) is 10.8. The van der Waals surface area contributed by atoms with Gasteiger partial charge in [0.2, 0.25) is 0 Å². The first kappa shape index (κ1) is 43.7. The third-order valence-corrected chi connectivity index (χ3v) is 13.0. The molecule has 1 N–H and O–H groups in total. The Labute approximate surface area is 396 Å². The standard InChI is InChI=1S/C59H53N4O.Pt/c1-57(2,3)41-36-47(55(64)48(37-41)58(4,5)6)56-61-54-45(28-20-30-51(54)63(56)44-25-16-11-17-26-44)38-33-39(35-42(34-38)59(7,8)40-21-12-9-13-22-40)53-52-46-27-18-19-29-49(46)62(50(52)31-32-60-53)43-23-14-10-15-24-43;/h9-32,34-37,64H,1-8H3;/q-1;. The number of fused-ring (bicyclic) bond motifs is 4. The smallest absolute Gasteiger partial charge is 0.148 e. The second-order valence-corrected chi connectivity index (χ2v) is 19.6. The van der Waals surface area contributed by atoms with E-state index in [9.17, 15) is 5.11 Å². The average molecular weight is 1030 g/mol. The van der Waals surface area contributed by atoms with Gasteiger partial charge in [-0.25, -0.2) is 4.98 Å². The Balaban J connectivity index is 0.00000533. The van der Waals surface area contributed by atoms with Crippen LogP contribution in [-0.2, 0) is 37.3 Å². The zero-order valence-electron chi connectivity index (χ0n) is 38.2. The zero-order chi connectivity index (χ0) is 44.5. The number of nitrogens with zero attached hydrogens (tertiary/aromatic N) is 4. The number of imidazole rings is 1. The summed E-state index contributed by atoms with van der Waals surface area (Å²) in [5.41, 5.74) is 13.9. The molecule has 0 saturated heterocycles. The predicted octanol–water partition coefficient (Wildman–Crippen LogP) is 14.9. The van der Waals surface area contributed by atoms with E-state index >= 15 is 0 Å². The maximum absolute atomic E-state index is 12.3. The van der Waals surface area contributed by atoms with E-state index in [1.54, 1.807) is 0 Å². The molecule has 0 fully saturated rings. The molecule has 0 aliphatic heterocycles. The van der Waals surface area contributed by atoms with E-state index in [2.05, 4.69) is 228 Å². The Kier molecular flexibility index (Phi) is 11.1. The molecule has 3 heterocycles. The number of hydrogen-bond acceptors (Lipinski definition) is 3. The second kappa shape index (κ2) is 16.5. The van der Waals surface area contributed by atoms with E-state index in [1.807, 2.05) is 12.3 Å². The van der Waals surface area contributed by atoms with E-state index < -0.39 is 0 Å². The van der Waals surface area contributed by atoms with E-state index in [4.69, 9.17) is 9.97 Å². The molecular formula is C59H53N4OPt-. The van der Waals surface area contributed by atoms with Crippen molar-refractivity contribution in [3.05, 3.63) is 198 Å². The molecule has 0 atom stereocenters. The third kappa shape index (κ3) is 7.60. The number of aromatic hydroxyl groups is 1. The van der Waals surface area contributed by atoms with Crippen molar-refractivity contribution in [1.29, 1.82) is 0 Å². The van der Waals surface area contributed by atoms with E-state index in [0.29, 0.717) is 11.4 Å². The summed E-state index contributed by atoms with van der Waals surface area (Å²) in [7, 11) is 0. The van der Waals surface area contributed by atoms with Crippen molar-refractivity contribution in [3.8, 4) is 50.9 Å². The summed E-state index contributed by atoms with van der Waals surface area (Å²) < 4.78 is 4.54. The van der Waals surface area contributed by atoms with Crippen LogP contribution in [0.4, 0.5) is 0 Å². The van der Waals surface area contributed by atoms with Gasteiger partial charge >= 0.3 is 0 Å². The predicted molar refractivity (Wildman–Crippen MR) is 266 cm³/mol. The number of benzene rings is 7. The van der Waals surface area contributed by atoms with Crippen LogP contribution in [0, 0.1) is 6.07 Å². The minimum absolute atomic E-state index is 0. The van der Waals surface area contributed by atoms with Gasteiger partial charge in [0.25, 0.3) is 0 Å². The number of para-hydroxylation sites is 4. The van der Waals surface area contributed by atoms with Gasteiger partial charge in [-0.3, -0.25) is 9.55 Å². The Morgan fingerprint density at radius 3 is 1.77 bits per heavy atom. The summed E-state index contributed by atoms with van der Waals surface area (Å²) in [5.74, 6) is 0.938. The molecule has 0 bridgehead atoms. The van der Waals surface area contributed by atoms with Crippen LogP contribution in [0.15, 0.2) is 170 Å². The van der Waals surface area contributed by atoms with Crippen LogP contribution in [-0.4, -0.2) is 24.2 Å². The molecule has 0 unspecified atom stereocenters. The molecular weight excluding hydrogens is 976 g/mol. The molecule has 0 radical (unpaired) electrons. The summed E-state index contributed by atoms with van der Waals surface area (Å²) in [6, 6.07) is 61.6. The molecule has 5 nitrogen and oxygen atoms in total. The number of phenolic OH excluding ortho intramolecular Hbond substituents is 1. The molecule has 7 aromatic carbocycles. The normalized spacial score (nSPS) is 12.2. The number of rotatable bonds is 7. The number of phenols is 1. The zero-order valence-corrected chi connectivity index (χ0v) is 40.5. The van der Waals surface area contributed by atoms with Crippen molar-refractivity contribution < 1.29 is 26.2 Å². The van der Waals surface area contributed by atoms with Crippen molar-refractivity contribution in [2.24, 2.45) is 0 Å². The summed E-state index contributed by atoms with van der Waals surface area (Å²) in [6.45, 7) is 17.7. The minimum Gasteiger partial charge on any atom is -0.507 e.